The molecule has 1 atom stereocenters. The monoisotopic (exact) mass is 350 g/mol. The van der Waals surface area contributed by atoms with Gasteiger partial charge in [-0.15, -0.1) is 11.3 Å². The van der Waals surface area contributed by atoms with Crippen LogP contribution in [0, 0.1) is 12.7 Å². The molecule has 0 aliphatic rings. The molecule has 0 spiro atoms. The Balaban J connectivity index is 1.70. The highest BCUT2D eigenvalue weighted by Crippen LogP contribution is 2.13. The maximum atomic E-state index is 13.1. The van der Waals surface area contributed by atoms with E-state index in [9.17, 15) is 4.39 Å². The molecule has 0 saturated carbocycles. The van der Waals surface area contributed by atoms with Crippen LogP contribution >= 0.6 is 11.3 Å². The van der Waals surface area contributed by atoms with E-state index in [4.69, 9.17) is 4.74 Å². The highest BCUT2D eigenvalue weighted by Gasteiger charge is 2.06. The fourth-order valence-corrected chi connectivity index (χ4v) is 2.75. The van der Waals surface area contributed by atoms with Crippen molar-refractivity contribution in [3.8, 4) is 5.75 Å². The van der Waals surface area contributed by atoms with Gasteiger partial charge in [0.2, 0.25) is 0 Å². The van der Waals surface area contributed by atoms with Gasteiger partial charge in [-0.25, -0.2) is 9.37 Å². The van der Waals surface area contributed by atoms with Crippen molar-refractivity contribution in [3.05, 3.63) is 46.2 Å². The number of guanidine groups is 1. The quantitative estimate of drug-likeness (QED) is 0.595. The topological polar surface area (TPSA) is 58.5 Å². The Morgan fingerprint density at radius 1 is 1.42 bits per heavy atom. The van der Waals surface area contributed by atoms with Gasteiger partial charge in [-0.2, -0.15) is 0 Å². The third-order valence-electron chi connectivity index (χ3n) is 3.25. The lowest BCUT2D eigenvalue weighted by molar-refractivity contribution is 0.223. The van der Waals surface area contributed by atoms with Gasteiger partial charge in [-0.1, -0.05) is 6.07 Å². The molecule has 0 fully saturated rings. The van der Waals surface area contributed by atoms with Crippen molar-refractivity contribution in [2.75, 3.05) is 20.1 Å². The zero-order valence-corrected chi connectivity index (χ0v) is 15.0. The molecule has 7 heteroatoms. The number of halogens is 1. The van der Waals surface area contributed by atoms with Gasteiger partial charge in [0.15, 0.2) is 5.96 Å². The molecule has 2 aromatic rings. The largest absolute Gasteiger partial charge is 0.489 e. The first kappa shape index (κ1) is 18.2. The predicted molar refractivity (Wildman–Crippen MR) is 96.4 cm³/mol. The SMILES string of the molecule is CN=C(NCCc1csc(C)n1)NCC(C)Oc1cccc(F)c1. The second kappa shape index (κ2) is 9.22. The highest BCUT2D eigenvalue weighted by molar-refractivity contribution is 7.09. The minimum absolute atomic E-state index is 0.119. The van der Waals surface area contributed by atoms with Crippen molar-refractivity contribution < 1.29 is 9.13 Å². The highest BCUT2D eigenvalue weighted by atomic mass is 32.1. The van der Waals surface area contributed by atoms with Crippen molar-refractivity contribution in [2.45, 2.75) is 26.4 Å². The van der Waals surface area contributed by atoms with Crippen LogP contribution in [0.1, 0.15) is 17.6 Å². The maximum Gasteiger partial charge on any atom is 0.191 e. The van der Waals surface area contributed by atoms with Crippen LogP contribution in [0.4, 0.5) is 4.39 Å². The standard InChI is InChI=1S/C17H23FN4OS/c1-12(23-16-6-4-5-14(18)9-16)10-21-17(19-3)20-8-7-15-11-24-13(2)22-15/h4-6,9,11-12H,7-8,10H2,1-3H3,(H2,19,20,21). The van der Waals surface area contributed by atoms with E-state index < -0.39 is 0 Å². The molecule has 0 saturated heterocycles. The van der Waals surface area contributed by atoms with Gasteiger partial charge in [-0.05, 0) is 26.0 Å². The van der Waals surface area contributed by atoms with Crippen LogP contribution in [0.5, 0.6) is 5.75 Å². The molecule has 24 heavy (non-hydrogen) atoms. The second-order valence-electron chi connectivity index (χ2n) is 5.37. The molecule has 2 rings (SSSR count). The van der Waals surface area contributed by atoms with Gasteiger partial charge in [0.05, 0.1) is 17.2 Å². The molecule has 130 valence electrons. The van der Waals surface area contributed by atoms with E-state index >= 15 is 0 Å². The number of nitrogens with zero attached hydrogens (tertiary/aromatic N) is 2. The van der Waals surface area contributed by atoms with Crippen molar-refractivity contribution in [1.82, 2.24) is 15.6 Å². The van der Waals surface area contributed by atoms with Gasteiger partial charge in [0, 0.05) is 31.5 Å². The third kappa shape index (κ3) is 6.16. The van der Waals surface area contributed by atoms with Crippen LogP contribution in [0.2, 0.25) is 0 Å². The first-order valence-corrected chi connectivity index (χ1v) is 8.72. The zero-order chi connectivity index (χ0) is 17.4. The molecule has 5 nitrogen and oxygen atoms in total. The Hall–Kier alpha value is -2.15. The van der Waals surface area contributed by atoms with Crippen LogP contribution in [0.3, 0.4) is 0 Å². The average Bonchev–Trinajstić information content (AvgIpc) is 2.96. The summed E-state index contributed by atoms with van der Waals surface area (Å²) in [7, 11) is 1.72. The van der Waals surface area contributed by atoms with Gasteiger partial charge >= 0.3 is 0 Å². The van der Waals surface area contributed by atoms with E-state index in [1.54, 1.807) is 30.5 Å². The number of nitrogens with one attached hydrogen (secondary N) is 2. The van der Waals surface area contributed by atoms with Crippen LogP contribution in [0.25, 0.3) is 0 Å². The number of aliphatic imine (C=N–C) groups is 1. The Labute approximate surface area is 146 Å². The number of aryl methyl sites for hydroxylation is 1. The lowest BCUT2D eigenvalue weighted by atomic mass is 10.3. The van der Waals surface area contributed by atoms with E-state index in [-0.39, 0.29) is 11.9 Å². The van der Waals surface area contributed by atoms with Crippen LogP contribution in [0.15, 0.2) is 34.6 Å². The van der Waals surface area contributed by atoms with Gasteiger partial charge < -0.3 is 15.4 Å². The van der Waals surface area contributed by atoms with E-state index in [0.29, 0.717) is 18.3 Å². The summed E-state index contributed by atoms with van der Waals surface area (Å²) in [5, 5.41) is 9.59. The Morgan fingerprint density at radius 2 is 2.25 bits per heavy atom. The lowest BCUT2D eigenvalue weighted by Crippen LogP contribution is -2.42. The number of ether oxygens (including phenoxy) is 1. The molecule has 0 aliphatic heterocycles. The normalized spacial score (nSPS) is 12.8. The summed E-state index contributed by atoms with van der Waals surface area (Å²) >= 11 is 1.66. The number of hydrogen-bond donors (Lipinski definition) is 2. The molecule has 0 bridgehead atoms. The summed E-state index contributed by atoms with van der Waals surface area (Å²) in [6.45, 7) is 5.24. The minimum Gasteiger partial charge on any atom is -0.489 e. The van der Waals surface area contributed by atoms with Gasteiger partial charge in [0.1, 0.15) is 17.7 Å². The molecule has 2 N–H and O–H groups in total. The fourth-order valence-electron chi connectivity index (χ4n) is 2.11. The summed E-state index contributed by atoms with van der Waals surface area (Å²) < 4.78 is 18.8. The summed E-state index contributed by atoms with van der Waals surface area (Å²) in [5.74, 6) is 0.921. The molecule has 0 aliphatic carbocycles. The molecular formula is C17H23FN4OS. The first-order valence-electron chi connectivity index (χ1n) is 7.84. The predicted octanol–water partition coefficient (Wildman–Crippen LogP) is 2.77. The summed E-state index contributed by atoms with van der Waals surface area (Å²) in [4.78, 5) is 8.61. The maximum absolute atomic E-state index is 13.1. The third-order valence-corrected chi connectivity index (χ3v) is 4.08. The van der Waals surface area contributed by atoms with Crippen molar-refractivity contribution in [3.63, 3.8) is 0 Å². The lowest BCUT2D eigenvalue weighted by Gasteiger charge is -2.17. The summed E-state index contributed by atoms with van der Waals surface area (Å²) in [5.41, 5.74) is 1.09. The molecule has 1 unspecified atom stereocenters. The van der Waals surface area contributed by atoms with Gasteiger partial charge in [0.25, 0.3) is 0 Å². The van der Waals surface area contributed by atoms with E-state index in [0.717, 1.165) is 23.7 Å². The molecular weight excluding hydrogens is 327 g/mol. The van der Waals surface area contributed by atoms with Crippen molar-refractivity contribution in [1.29, 1.82) is 0 Å². The van der Waals surface area contributed by atoms with Crippen molar-refractivity contribution in [2.24, 2.45) is 4.99 Å². The Kier molecular flexibility index (Phi) is 6.99. The molecule has 1 aromatic carbocycles. The number of hydrogen-bond acceptors (Lipinski definition) is 4. The van der Waals surface area contributed by atoms with Crippen molar-refractivity contribution >= 4 is 17.3 Å². The molecule has 0 amide bonds. The molecule has 0 radical (unpaired) electrons. The summed E-state index contributed by atoms with van der Waals surface area (Å²) in [6.07, 6.45) is 0.729. The van der Waals surface area contributed by atoms with Crippen LogP contribution < -0.4 is 15.4 Å². The van der Waals surface area contributed by atoms with E-state index in [1.165, 1.54) is 12.1 Å². The molecule has 1 aromatic heterocycles. The summed E-state index contributed by atoms with van der Waals surface area (Å²) in [6, 6.07) is 6.14. The van der Waals surface area contributed by atoms with E-state index in [1.807, 2.05) is 13.8 Å². The molecule has 1 heterocycles. The minimum atomic E-state index is -0.303. The number of thiazole rings is 1. The first-order chi connectivity index (χ1) is 11.6. The number of rotatable bonds is 7. The zero-order valence-electron chi connectivity index (χ0n) is 14.2. The smallest absolute Gasteiger partial charge is 0.191 e. The van der Waals surface area contributed by atoms with Crippen LogP contribution in [-0.4, -0.2) is 37.2 Å². The Bertz CT molecular complexity index is 674. The Morgan fingerprint density at radius 3 is 2.92 bits per heavy atom. The average molecular weight is 350 g/mol. The van der Waals surface area contributed by atoms with Gasteiger partial charge in [-0.3, -0.25) is 4.99 Å². The number of benzene rings is 1. The number of aromatic nitrogens is 1. The second-order valence-corrected chi connectivity index (χ2v) is 6.44. The fraction of sp³-hybridized carbons (Fsp3) is 0.412. The van der Waals surface area contributed by atoms with E-state index in [2.05, 4.69) is 26.0 Å². The van der Waals surface area contributed by atoms with Crippen LogP contribution in [-0.2, 0) is 6.42 Å².